The van der Waals surface area contributed by atoms with Gasteiger partial charge in [0.25, 0.3) is 0 Å². The van der Waals surface area contributed by atoms with Gasteiger partial charge in [0.1, 0.15) is 24.2 Å². The van der Waals surface area contributed by atoms with Gasteiger partial charge in [0.15, 0.2) is 0 Å². The van der Waals surface area contributed by atoms with Crippen molar-refractivity contribution in [3.8, 4) is 5.75 Å². The number of hydrogen-bond donors (Lipinski definition) is 1. The third-order valence-electron chi connectivity index (χ3n) is 2.18. The summed E-state index contributed by atoms with van der Waals surface area (Å²) in [6.07, 6.45) is -0.191. The van der Waals surface area contributed by atoms with Crippen LogP contribution in [-0.2, 0) is 16.0 Å². The van der Waals surface area contributed by atoms with Gasteiger partial charge in [-0.15, -0.1) is 0 Å². The van der Waals surface area contributed by atoms with Gasteiger partial charge in [-0.1, -0.05) is 12.1 Å². The molecule has 4 nitrogen and oxygen atoms in total. The number of carbonyl (C=O) groups is 1. The SMILES string of the molecule is COCC(O)COc1ccc(CC(C)=O)cc1. The first-order valence-corrected chi connectivity index (χ1v) is 5.50. The molecule has 0 fully saturated rings. The standard InChI is InChI=1S/C13H18O4/c1-10(14)7-11-3-5-13(6-4-11)17-9-12(15)8-16-2/h3-6,12,15H,7-9H2,1-2H3. The summed E-state index contributed by atoms with van der Waals surface area (Å²) in [6.45, 7) is 2.01. The van der Waals surface area contributed by atoms with E-state index in [1.54, 1.807) is 19.1 Å². The summed E-state index contributed by atoms with van der Waals surface area (Å²) >= 11 is 0. The Morgan fingerprint density at radius 1 is 1.29 bits per heavy atom. The molecule has 4 heteroatoms. The van der Waals surface area contributed by atoms with Crippen molar-refractivity contribution < 1.29 is 19.4 Å². The number of ketones is 1. The van der Waals surface area contributed by atoms with Crippen LogP contribution in [0.3, 0.4) is 0 Å². The van der Waals surface area contributed by atoms with Crippen LogP contribution >= 0.6 is 0 Å². The summed E-state index contributed by atoms with van der Waals surface area (Å²) < 4.78 is 10.2. The van der Waals surface area contributed by atoms with E-state index in [0.717, 1.165) is 5.56 Å². The van der Waals surface area contributed by atoms with E-state index in [1.165, 1.54) is 7.11 Å². The van der Waals surface area contributed by atoms with Crippen molar-refractivity contribution in [2.24, 2.45) is 0 Å². The fraction of sp³-hybridized carbons (Fsp3) is 0.462. The van der Waals surface area contributed by atoms with Crippen LogP contribution in [0.15, 0.2) is 24.3 Å². The molecule has 0 aliphatic carbocycles. The zero-order chi connectivity index (χ0) is 12.7. The Bertz CT molecular complexity index is 345. The summed E-state index contributed by atoms with van der Waals surface area (Å²) in [7, 11) is 1.53. The average Bonchev–Trinajstić information content (AvgIpc) is 2.28. The van der Waals surface area contributed by atoms with E-state index >= 15 is 0 Å². The number of hydrogen-bond acceptors (Lipinski definition) is 4. The molecule has 0 bridgehead atoms. The number of Topliss-reactive ketones (excluding diaryl/α,β-unsaturated/α-hetero) is 1. The highest BCUT2D eigenvalue weighted by atomic mass is 16.5. The summed E-state index contributed by atoms with van der Waals surface area (Å²) in [6, 6.07) is 7.27. The van der Waals surface area contributed by atoms with Crippen LogP contribution in [0.2, 0.25) is 0 Å². The Morgan fingerprint density at radius 3 is 2.47 bits per heavy atom. The van der Waals surface area contributed by atoms with E-state index in [0.29, 0.717) is 12.2 Å². The van der Waals surface area contributed by atoms with Gasteiger partial charge in [0, 0.05) is 13.5 Å². The lowest BCUT2D eigenvalue weighted by molar-refractivity contribution is -0.116. The maximum atomic E-state index is 10.9. The molecule has 1 rings (SSSR count). The van der Waals surface area contributed by atoms with Crippen molar-refractivity contribution >= 4 is 5.78 Å². The average molecular weight is 238 g/mol. The minimum Gasteiger partial charge on any atom is -0.491 e. The second kappa shape index (κ2) is 7.04. The number of aliphatic hydroxyl groups is 1. The Hall–Kier alpha value is -1.39. The Labute approximate surface area is 101 Å². The van der Waals surface area contributed by atoms with Gasteiger partial charge in [0.05, 0.1) is 6.61 Å². The van der Waals surface area contributed by atoms with E-state index < -0.39 is 6.10 Å². The predicted octanol–water partition coefficient (Wildman–Crippen LogP) is 1.20. The first kappa shape index (κ1) is 13.7. The van der Waals surface area contributed by atoms with Crippen molar-refractivity contribution in [2.75, 3.05) is 20.3 Å². The smallest absolute Gasteiger partial charge is 0.134 e. The lowest BCUT2D eigenvalue weighted by Crippen LogP contribution is -2.22. The molecule has 0 aliphatic rings. The van der Waals surface area contributed by atoms with Crippen molar-refractivity contribution in [2.45, 2.75) is 19.4 Å². The number of ether oxygens (including phenoxy) is 2. The molecular formula is C13H18O4. The van der Waals surface area contributed by atoms with E-state index in [1.807, 2.05) is 12.1 Å². The van der Waals surface area contributed by atoms with E-state index in [4.69, 9.17) is 9.47 Å². The fourth-order valence-corrected chi connectivity index (χ4v) is 1.42. The third kappa shape index (κ3) is 5.47. The summed E-state index contributed by atoms with van der Waals surface area (Å²) in [5, 5.41) is 9.39. The Morgan fingerprint density at radius 2 is 1.94 bits per heavy atom. The van der Waals surface area contributed by atoms with Crippen molar-refractivity contribution in [1.29, 1.82) is 0 Å². The quantitative estimate of drug-likeness (QED) is 0.775. The van der Waals surface area contributed by atoms with Crippen LogP contribution in [0.25, 0.3) is 0 Å². The number of methoxy groups -OCH3 is 1. The van der Waals surface area contributed by atoms with Crippen LogP contribution in [-0.4, -0.2) is 37.3 Å². The van der Waals surface area contributed by atoms with Gasteiger partial charge in [-0.2, -0.15) is 0 Å². The van der Waals surface area contributed by atoms with Gasteiger partial charge < -0.3 is 14.6 Å². The van der Waals surface area contributed by atoms with Gasteiger partial charge in [-0.25, -0.2) is 0 Å². The van der Waals surface area contributed by atoms with Crippen molar-refractivity contribution in [3.63, 3.8) is 0 Å². The highest BCUT2D eigenvalue weighted by Crippen LogP contribution is 2.13. The molecule has 0 spiro atoms. The first-order valence-electron chi connectivity index (χ1n) is 5.50. The Balaban J connectivity index is 2.42. The number of aliphatic hydroxyl groups excluding tert-OH is 1. The minimum absolute atomic E-state index is 0.134. The minimum atomic E-state index is -0.628. The maximum absolute atomic E-state index is 10.9. The van der Waals surface area contributed by atoms with Crippen LogP contribution in [0, 0.1) is 0 Å². The monoisotopic (exact) mass is 238 g/mol. The highest BCUT2D eigenvalue weighted by molar-refractivity contribution is 5.78. The van der Waals surface area contributed by atoms with E-state index in [9.17, 15) is 9.90 Å². The van der Waals surface area contributed by atoms with Crippen LogP contribution in [0.5, 0.6) is 5.75 Å². The molecule has 0 aromatic heterocycles. The van der Waals surface area contributed by atoms with Crippen molar-refractivity contribution in [3.05, 3.63) is 29.8 Å². The third-order valence-corrected chi connectivity index (χ3v) is 2.18. The second-order valence-corrected chi connectivity index (χ2v) is 3.94. The molecule has 1 aromatic rings. The molecule has 1 atom stereocenters. The molecule has 0 aliphatic heterocycles. The summed E-state index contributed by atoms with van der Waals surface area (Å²) in [4.78, 5) is 10.9. The zero-order valence-electron chi connectivity index (χ0n) is 10.2. The molecule has 1 N–H and O–H groups in total. The van der Waals surface area contributed by atoms with Gasteiger partial charge in [0.2, 0.25) is 0 Å². The zero-order valence-corrected chi connectivity index (χ0v) is 10.2. The van der Waals surface area contributed by atoms with Gasteiger partial charge >= 0.3 is 0 Å². The maximum Gasteiger partial charge on any atom is 0.134 e. The van der Waals surface area contributed by atoms with Crippen LogP contribution in [0.1, 0.15) is 12.5 Å². The fourth-order valence-electron chi connectivity index (χ4n) is 1.42. The topological polar surface area (TPSA) is 55.8 Å². The lowest BCUT2D eigenvalue weighted by Gasteiger charge is -2.11. The normalized spacial score (nSPS) is 12.2. The Kier molecular flexibility index (Phi) is 5.66. The molecule has 0 saturated carbocycles. The summed E-state index contributed by atoms with van der Waals surface area (Å²) in [5.74, 6) is 0.807. The molecule has 0 amide bonds. The number of benzene rings is 1. The highest BCUT2D eigenvalue weighted by Gasteiger charge is 2.04. The van der Waals surface area contributed by atoms with Crippen LogP contribution in [0.4, 0.5) is 0 Å². The predicted molar refractivity (Wildman–Crippen MR) is 64.2 cm³/mol. The summed E-state index contributed by atoms with van der Waals surface area (Å²) in [5.41, 5.74) is 0.960. The molecule has 94 valence electrons. The largest absolute Gasteiger partial charge is 0.491 e. The molecule has 0 heterocycles. The van der Waals surface area contributed by atoms with Gasteiger partial charge in [-0.3, -0.25) is 4.79 Å². The number of rotatable bonds is 7. The molecule has 0 radical (unpaired) electrons. The van der Waals surface area contributed by atoms with Crippen molar-refractivity contribution in [1.82, 2.24) is 0 Å². The molecule has 1 unspecified atom stereocenters. The molecular weight excluding hydrogens is 220 g/mol. The first-order chi connectivity index (χ1) is 8.11. The molecule has 1 aromatic carbocycles. The number of carbonyl (C=O) groups excluding carboxylic acids is 1. The molecule has 17 heavy (non-hydrogen) atoms. The van der Waals surface area contributed by atoms with E-state index in [-0.39, 0.29) is 19.0 Å². The molecule has 0 saturated heterocycles. The lowest BCUT2D eigenvalue weighted by atomic mass is 10.1. The van der Waals surface area contributed by atoms with Crippen LogP contribution < -0.4 is 4.74 Å². The second-order valence-electron chi connectivity index (χ2n) is 3.94. The van der Waals surface area contributed by atoms with Gasteiger partial charge in [-0.05, 0) is 24.6 Å². The van der Waals surface area contributed by atoms with E-state index in [2.05, 4.69) is 0 Å².